The van der Waals surface area contributed by atoms with E-state index in [1.807, 2.05) is 0 Å². The van der Waals surface area contributed by atoms with Crippen LogP contribution in [0.1, 0.15) is 18.9 Å². The van der Waals surface area contributed by atoms with Crippen LogP contribution in [0.25, 0.3) is 11.3 Å². The van der Waals surface area contributed by atoms with Gasteiger partial charge in [-0.3, -0.25) is 0 Å². The monoisotopic (exact) mass is 252 g/mol. The van der Waals surface area contributed by atoms with Crippen LogP contribution in [0.3, 0.4) is 0 Å². The van der Waals surface area contributed by atoms with E-state index in [-0.39, 0.29) is 0 Å². The van der Waals surface area contributed by atoms with Crippen molar-refractivity contribution in [2.45, 2.75) is 20.4 Å². The van der Waals surface area contributed by atoms with Gasteiger partial charge >= 0.3 is 0 Å². The van der Waals surface area contributed by atoms with Crippen LogP contribution in [0.15, 0.2) is 22.2 Å². The Labute approximate surface area is 104 Å². The Balaban J connectivity index is 1.93. The zero-order valence-electron chi connectivity index (χ0n) is 9.56. The van der Waals surface area contributed by atoms with Gasteiger partial charge < -0.3 is 5.32 Å². The molecular formula is C12H16N2S2. The Bertz CT molecular complexity index is 418. The lowest BCUT2D eigenvalue weighted by Gasteiger charge is -2.04. The fourth-order valence-corrected chi connectivity index (χ4v) is 2.83. The Kier molecular flexibility index (Phi) is 4.09. The van der Waals surface area contributed by atoms with Crippen molar-refractivity contribution in [2.75, 3.05) is 6.54 Å². The average molecular weight is 252 g/mol. The number of nitrogens with one attached hydrogen (secondary N) is 1. The smallest absolute Gasteiger partial charge is 0.107 e. The second-order valence-corrected chi connectivity index (χ2v) is 5.89. The number of aromatic nitrogens is 1. The van der Waals surface area contributed by atoms with E-state index >= 15 is 0 Å². The Hall–Kier alpha value is -0.710. The molecule has 0 saturated carbocycles. The van der Waals surface area contributed by atoms with Gasteiger partial charge in [-0.15, -0.1) is 11.3 Å². The number of thiophene rings is 1. The van der Waals surface area contributed by atoms with Crippen molar-refractivity contribution in [3.8, 4) is 11.3 Å². The molecule has 0 fully saturated rings. The lowest BCUT2D eigenvalue weighted by Crippen LogP contribution is -2.18. The van der Waals surface area contributed by atoms with Crippen LogP contribution < -0.4 is 5.32 Å². The molecule has 2 nitrogen and oxygen atoms in total. The van der Waals surface area contributed by atoms with E-state index in [4.69, 9.17) is 0 Å². The first-order valence-electron chi connectivity index (χ1n) is 5.43. The molecule has 0 saturated heterocycles. The summed E-state index contributed by atoms with van der Waals surface area (Å²) in [6, 6.07) is 2.12. The van der Waals surface area contributed by atoms with Crippen LogP contribution >= 0.6 is 22.7 Å². The molecule has 86 valence electrons. The summed E-state index contributed by atoms with van der Waals surface area (Å²) in [6.45, 7) is 6.36. The number of hydrogen-bond acceptors (Lipinski definition) is 4. The van der Waals surface area contributed by atoms with Gasteiger partial charge in [-0.1, -0.05) is 13.8 Å². The molecule has 0 radical (unpaired) electrons. The van der Waals surface area contributed by atoms with Gasteiger partial charge in [0, 0.05) is 22.9 Å². The molecule has 16 heavy (non-hydrogen) atoms. The van der Waals surface area contributed by atoms with Crippen molar-refractivity contribution in [3.63, 3.8) is 0 Å². The average Bonchev–Trinajstić information content (AvgIpc) is 2.85. The summed E-state index contributed by atoms with van der Waals surface area (Å²) in [4.78, 5) is 4.61. The fraction of sp³-hybridized carbons (Fsp3) is 0.417. The highest BCUT2D eigenvalue weighted by Gasteiger charge is 2.04. The van der Waals surface area contributed by atoms with Gasteiger partial charge in [0.2, 0.25) is 0 Å². The van der Waals surface area contributed by atoms with Crippen molar-refractivity contribution in [1.82, 2.24) is 10.3 Å². The minimum absolute atomic E-state index is 0.691. The van der Waals surface area contributed by atoms with Gasteiger partial charge in [-0.05, 0) is 23.9 Å². The molecule has 0 aliphatic rings. The highest BCUT2D eigenvalue weighted by molar-refractivity contribution is 7.10. The highest BCUT2D eigenvalue weighted by Crippen LogP contribution is 2.23. The minimum Gasteiger partial charge on any atom is -0.310 e. The van der Waals surface area contributed by atoms with Gasteiger partial charge in [0.05, 0.1) is 5.69 Å². The molecule has 0 aliphatic heterocycles. The van der Waals surface area contributed by atoms with E-state index in [2.05, 4.69) is 46.4 Å². The summed E-state index contributed by atoms with van der Waals surface area (Å²) in [5.74, 6) is 0.691. The maximum Gasteiger partial charge on any atom is 0.107 e. The van der Waals surface area contributed by atoms with Crippen molar-refractivity contribution in [2.24, 2.45) is 5.92 Å². The molecule has 0 aliphatic carbocycles. The highest BCUT2D eigenvalue weighted by atomic mass is 32.1. The third-order valence-corrected chi connectivity index (χ3v) is 3.73. The largest absolute Gasteiger partial charge is 0.310 e. The second kappa shape index (κ2) is 5.57. The zero-order chi connectivity index (χ0) is 11.4. The molecule has 2 rings (SSSR count). The Morgan fingerprint density at radius 2 is 2.25 bits per heavy atom. The van der Waals surface area contributed by atoms with Crippen molar-refractivity contribution < 1.29 is 0 Å². The van der Waals surface area contributed by atoms with Gasteiger partial charge in [0.1, 0.15) is 5.01 Å². The molecule has 0 bridgehead atoms. The van der Waals surface area contributed by atoms with Crippen LogP contribution in [-0.4, -0.2) is 11.5 Å². The van der Waals surface area contributed by atoms with E-state index < -0.39 is 0 Å². The fourth-order valence-electron chi connectivity index (χ4n) is 1.40. The summed E-state index contributed by atoms with van der Waals surface area (Å²) >= 11 is 3.44. The molecule has 0 atom stereocenters. The first-order chi connectivity index (χ1) is 7.75. The summed E-state index contributed by atoms with van der Waals surface area (Å²) in [5, 5.41) is 10.9. The summed E-state index contributed by atoms with van der Waals surface area (Å²) < 4.78 is 0. The molecule has 2 aromatic heterocycles. The van der Waals surface area contributed by atoms with Gasteiger partial charge in [0.15, 0.2) is 0 Å². The molecule has 1 N–H and O–H groups in total. The Morgan fingerprint density at radius 3 is 2.94 bits per heavy atom. The Morgan fingerprint density at radius 1 is 1.38 bits per heavy atom. The van der Waals surface area contributed by atoms with Gasteiger partial charge in [-0.25, -0.2) is 4.98 Å². The summed E-state index contributed by atoms with van der Waals surface area (Å²) in [5.41, 5.74) is 2.34. The van der Waals surface area contributed by atoms with E-state index in [1.54, 1.807) is 22.7 Å². The molecule has 4 heteroatoms. The number of hydrogen-bond donors (Lipinski definition) is 1. The first kappa shape index (κ1) is 11.8. The molecule has 2 aromatic rings. The third kappa shape index (κ3) is 3.14. The maximum atomic E-state index is 4.61. The lowest BCUT2D eigenvalue weighted by atomic mass is 10.2. The van der Waals surface area contributed by atoms with Gasteiger partial charge in [0.25, 0.3) is 0 Å². The molecule has 2 heterocycles. The van der Waals surface area contributed by atoms with Crippen LogP contribution in [0.4, 0.5) is 0 Å². The predicted octanol–water partition coefficient (Wildman–Crippen LogP) is 3.62. The standard InChI is InChI=1S/C12H16N2S2/c1-9(2)5-13-6-12-14-11(8-16-12)10-3-4-15-7-10/h3-4,7-9,13H,5-6H2,1-2H3. The summed E-state index contributed by atoms with van der Waals surface area (Å²) in [7, 11) is 0. The van der Waals surface area contributed by atoms with Crippen LogP contribution in [0.5, 0.6) is 0 Å². The predicted molar refractivity (Wildman–Crippen MR) is 72.0 cm³/mol. The van der Waals surface area contributed by atoms with E-state index in [0.717, 1.165) is 18.8 Å². The van der Waals surface area contributed by atoms with E-state index in [9.17, 15) is 0 Å². The second-order valence-electron chi connectivity index (χ2n) is 4.16. The van der Waals surface area contributed by atoms with Crippen molar-refractivity contribution in [3.05, 3.63) is 27.2 Å². The van der Waals surface area contributed by atoms with Crippen LogP contribution in [0.2, 0.25) is 0 Å². The van der Waals surface area contributed by atoms with Crippen molar-refractivity contribution in [1.29, 1.82) is 0 Å². The molecule has 0 unspecified atom stereocenters. The zero-order valence-corrected chi connectivity index (χ0v) is 11.2. The SMILES string of the molecule is CC(C)CNCc1nc(-c2ccsc2)cs1. The normalized spacial score (nSPS) is 11.2. The summed E-state index contributed by atoms with van der Waals surface area (Å²) in [6.07, 6.45) is 0. The molecular weight excluding hydrogens is 236 g/mol. The first-order valence-corrected chi connectivity index (χ1v) is 7.25. The van der Waals surface area contributed by atoms with Crippen LogP contribution in [-0.2, 0) is 6.54 Å². The quantitative estimate of drug-likeness (QED) is 0.879. The molecule has 0 spiro atoms. The van der Waals surface area contributed by atoms with E-state index in [1.165, 1.54) is 10.6 Å². The number of thiazole rings is 1. The maximum absolute atomic E-state index is 4.61. The topological polar surface area (TPSA) is 24.9 Å². The van der Waals surface area contributed by atoms with Crippen LogP contribution in [0, 0.1) is 5.92 Å². The molecule has 0 aromatic carbocycles. The number of rotatable bonds is 5. The molecule has 0 amide bonds. The number of nitrogens with zero attached hydrogens (tertiary/aromatic N) is 1. The third-order valence-electron chi connectivity index (χ3n) is 2.20. The lowest BCUT2D eigenvalue weighted by molar-refractivity contribution is 0.551. The van der Waals surface area contributed by atoms with E-state index in [0.29, 0.717) is 5.92 Å². The minimum atomic E-state index is 0.691. The van der Waals surface area contributed by atoms with Gasteiger partial charge in [-0.2, -0.15) is 11.3 Å². The van der Waals surface area contributed by atoms with Crippen molar-refractivity contribution >= 4 is 22.7 Å².